The molecule has 0 atom stereocenters. The highest BCUT2D eigenvalue weighted by atomic mass is 16.4. The smallest absolute Gasteiger partial charge is 0.309 e. The molecule has 0 bridgehead atoms. The first-order chi connectivity index (χ1) is 8.58. The highest BCUT2D eigenvalue weighted by Gasteiger charge is 2.11. The van der Waals surface area contributed by atoms with Crippen LogP contribution in [-0.4, -0.2) is 21.0 Å². The Kier molecular flexibility index (Phi) is 3.37. The van der Waals surface area contributed by atoms with E-state index in [1.807, 2.05) is 32.0 Å². The molecule has 1 aromatic heterocycles. The lowest BCUT2D eigenvalue weighted by molar-refractivity contribution is -0.136. The minimum atomic E-state index is -0.902. The third-order valence-electron chi connectivity index (χ3n) is 2.87. The number of carbonyl (C=O) groups is 1. The first-order valence-corrected chi connectivity index (χ1v) is 5.67. The predicted octanol–water partition coefficient (Wildman–Crippen LogP) is 2.39. The van der Waals surface area contributed by atoms with Gasteiger partial charge in [-0.15, -0.1) is 0 Å². The molecule has 0 amide bonds. The number of hydrogen-bond acceptors (Lipinski definition) is 3. The molecule has 0 aliphatic carbocycles. The van der Waals surface area contributed by atoms with E-state index in [1.165, 1.54) is 11.8 Å². The molecular formula is C14H14N2O2. The Balaban J connectivity index is 2.49. The lowest BCUT2D eigenvalue weighted by atomic mass is 10.0. The summed E-state index contributed by atoms with van der Waals surface area (Å²) in [4.78, 5) is 19.2. The van der Waals surface area contributed by atoms with Crippen molar-refractivity contribution in [3.05, 3.63) is 47.4 Å². The topological polar surface area (TPSA) is 63.1 Å². The molecule has 0 aliphatic heterocycles. The third-order valence-corrected chi connectivity index (χ3v) is 2.87. The van der Waals surface area contributed by atoms with Crippen molar-refractivity contribution in [2.75, 3.05) is 0 Å². The maximum Gasteiger partial charge on any atom is 0.309 e. The number of benzene rings is 1. The summed E-state index contributed by atoms with van der Waals surface area (Å²) in [6, 6.07) is 5.95. The number of carboxylic acid groups (broad SMARTS) is 1. The Morgan fingerprint density at radius 1 is 1.17 bits per heavy atom. The minimum absolute atomic E-state index is 0.115. The summed E-state index contributed by atoms with van der Waals surface area (Å²) >= 11 is 0. The van der Waals surface area contributed by atoms with E-state index in [0.29, 0.717) is 11.4 Å². The zero-order chi connectivity index (χ0) is 13.1. The van der Waals surface area contributed by atoms with Gasteiger partial charge >= 0.3 is 5.97 Å². The van der Waals surface area contributed by atoms with Crippen LogP contribution < -0.4 is 0 Å². The molecule has 2 aromatic rings. The van der Waals surface area contributed by atoms with Crippen LogP contribution in [0.15, 0.2) is 30.6 Å². The van der Waals surface area contributed by atoms with E-state index in [2.05, 4.69) is 9.97 Å². The lowest BCUT2D eigenvalue weighted by Gasteiger charge is -2.08. The van der Waals surface area contributed by atoms with Crippen LogP contribution in [0, 0.1) is 13.8 Å². The summed E-state index contributed by atoms with van der Waals surface area (Å²) in [5, 5.41) is 8.87. The van der Waals surface area contributed by atoms with Gasteiger partial charge in [-0.2, -0.15) is 0 Å². The van der Waals surface area contributed by atoms with Gasteiger partial charge in [0.2, 0.25) is 0 Å². The van der Waals surface area contributed by atoms with E-state index in [0.717, 1.165) is 11.1 Å². The SMILES string of the molecule is Cc1ccc(-c2nccnc2CC(=O)O)cc1C. The first-order valence-electron chi connectivity index (χ1n) is 5.67. The fraction of sp³-hybridized carbons (Fsp3) is 0.214. The van der Waals surface area contributed by atoms with Crippen LogP contribution in [0.4, 0.5) is 0 Å². The van der Waals surface area contributed by atoms with Gasteiger partial charge in [-0.25, -0.2) is 0 Å². The zero-order valence-corrected chi connectivity index (χ0v) is 10.3. The van der Waals surface area contributed by atoms with Gasteiger partial charge in [0.05, 0.1) is 17.8 Å². The van der Waals surface area contributed by atoms with Gasteiger partial charge in [0.1, 0.15) is 0 Å². The molecule has 1 heterocycles. The monoisotopic (exact) mass is 242 g/mol. The minimum Gasteiger partial charge on any atom is -0.481 e. The van der Waals surface area contributed by atoms with E-state index >= 15 is 0 Å². The standard InChI is InChI=1S/C14H14N2O2/c1-9-3-4-11(7-10(9)2)14-12(8-13(17)18)15-5-6-16-14/h3-7H,8H2,1-2H3,(H,17,18). The van der Waals surface area contributed by atoms with Crippen LogP contribution in [0.3, 0.4) is 0 Å². The molecule has 1 aromatic carbocycles. The highest BCUT2D eigenvalue weighted by Crippen LogP contribution is 2.22. The summed E-state index contributed by atoms with van der Waals surface area (Å²) in [6.45, 7) is 4.06. The number of aliphatic carboxylic acids is 1. The van der Waals surface area contributed by atoms with E-state index in [4.69, 9.17) is 5.11 Å². The van der Waals surface area contributed by atoms with E-state index in [9.17, 15) is 4.79 Å². The third kappa shape index (κ3) is 2.53. The number of carboxylic acids is 1. The Hall–Kier alpha value is -2.23. The molecule has 2 rings (SSSR count). The van der Waals surface area contributed by atoms with Crippen LogP contribution in [0.2, 0.25) is 0 Å². The molecule has 0 unspecified atom stereocenters. The number of nitrogens with zero attached hydrogens (tertiary/aromatic N) is 2. The van der Waals surface area contributed by atoms with E-state index in [1.54, 1.807) is 6.20 Å². The van der Waals surface area contributed by atoms with E-state index < -0.39 is 5.97 Å². The van der Waals surface area contributed by atoms with Crippen molar-refractivity contribution >= 4 is 5.97 Å². The van der Waals surface area contributed by atoms with Crippen molar-refractivity contribution in [1.82, 2.24) is 9.97 Å². The fourth-order valence-electron chi connectivity index (χ4n) is 1.77. The second-order valence-corrected chi connectivity index (χ2v) is 4.22. The molecule has 0 spiro atoms. The first kappa shape index (κ1) is 12.2. The second kappa shape index (κ2) is 4.96. The normalized spacial score (nSPS) is 10.3. The molecule has 0 fully saturated rings. The summed E-state index contributed by atoms with van der Waals surface area (Å²) in [5.41, 5.74) is 4.39. The largest absolute Gasteiger partial charge is 0.481 e. The fourth-order valence-corrected chi connectivity index (χ4v) is 1.77. The maximum absolute atomic E-state index is 10.8. The Morgan fingerprint density at radius 3 is 2.56 bits per heavy atom. The van der Waals surface area contributed by atoms with Gasteiger partial charge in [0.15, 0.2) is 0 Å². The maximum atomic E-state index is 10.8. The average molecular weight is 242 g/mol. The number of rotatable bonds is 3. The van der Waals surface area contributed by atoms with Crippen molar-refractivity contribution in [2.45, 2.75) is 20.3 Å². The van der Waals surface area contributed by atoms with Crippen LogP contribution >= 0.6 is 0 Å². The van der Waals surface area contributed by atoms with Gasteiger partial charge in [-0.1, -0.05) is 12.1 Å². The van der Waals surface area contributed by atoms with E-state index in [-0.39, 0.29) is 6.42 Å². The summed E-state index contributed by atoms with van der Waals surface area (Å²) < 4.78 is 0. The Morgan fingerprint density at radius 2 is 1.89 bits per heavy atom. The van der Waals surface area contributed by atoms with Crippen LogP contribution in [-0.2, 0) is 11.2 Å². The van der Waals surface area contributed by atoms with Crippen molar-refractivity contribution in [2.24, 2.45) is 0 Å². The zero-order valence-electron chi connectivity index (χ0n) is 10.3. The van der Waals surface area contributed by atoms with Gasteiger partial charge in [-0.3, -0.25) is 14.8 Å². The Bertz CT molecular complexity index is 594. The highest BCUT2D eigenvalue weighted by molar-refractivity contribution is 5.74. The summed E-state index contributed by atoms with van der Waals surface area (Å²) in [6.07, 6.45) is 2.98. The molecule has 4 nitrogen and oxygen atoms in total. The van der Waals surface area contributed by atoms with Gasteiger partial charge in [0, 0.05) is 18.0 Å². The molecule has 92 valence electrons. The average Bonchev–Trinajstić information content (AvgIpc) is 2.33. The number of hydrogen-bond donors (Lipinski definition) is 1. The molecule has 18 heavy (non-hydrogen) atoms. The molecule has 0 saturated heterocycles. The van der Waals surface area contributed by atoms with Crippen LogP contribution in [0.5, 0.6) is 0 Å². The van der Waals surface area contributed by atoms with Crippen molar-refractivity contribution < 1.29 is 9.90 Å². The van der Waals surface area contributed by atoms with Crippen molar-refractivity contribution in [3.8, 4) is 11.3 Å². The molecule has 0 radical (unpaired) electrons. The predicted molar refractivity (Wildman–Crippen MR) is 68.3 cm³/mol. The Labute approximate surface area is 105 Å². The molecule has 0 saturated carbocycles. The number of aromatic nitrogens is 2. The van der Waals surface area contributed by atoms with Gasteiger partial charge < -0.3 is 5.11 Å². The van der Waals surface area contributed by atoms with Crippen molar-refractivity contribution in [1.29, 1.82) is 0 Å². The van der Waals surface area contributed by atoms with Gasteiger partial charge in [-0.05, 0) is 31.0 Å². The second-order valence-electron chi connectivity index (χ2n) is 4.22. The van der Waals surface area contributed by atoms with Crippen LogP contribution in [0.1, 0.15) is 16.8 Å². The summed E-state index contributed by atoms with van der Waals surface area (Å²) in [5.74, 6) is -0.902. The van der Waals surface area contributed by atoms with Crippen LogP contribution in [0.25, 0.3) is 11.3 Å². The number of aryl methyl sites for hydroxylation is 2. The lowest BCUT2D eigenvalue weighted by Crippen LogP contribution is -2.05. The molecule has 0 aliphatic rings. The quantitative estimate of drug-likeness (QED) is 0.897. The van der Waals surface area contributed by atoms with Gasteiger partial charge in [0.25, 0.3) is 0 Å². The molecular weight excluding hydrogens is 228 g/mol. The summed E-state index contributed by atoms with van der Waals surface area (Å²) in [7, 11) is 0. The molecule has 4 heteroatoms. The van der Waals surface area contributed by atoms with Crippen molar-refractivity contribution in [3.63, 3.8) is 0 Å². The molecule has 1 N–H and O–H groups in total.